The van der Waals surface area contributed by atoms with Crippen molar-refractivity contribution < 1.29 is 4.79 Å². The van der Waals surface area contributed by atoms with Gasteiger partial charge in [0, 0.05) is 18.3 Å². The lowest BCUT2D eigenvalue weighted by molar-refractivity contribution is -0.126. The van der Waals surface area contributed by atoms with E-state index in [9.17, 15) is 4.79 Å². The van der Waals surface area contributed by atoms with Gasteiger partial charge < -0.3 is 11.1 Å². The number of hydrogen-bond donors (Lipinski definition) is 2. The number of hydrogen-bond acceptors (Lipinski definition) is 3. The molecular formula is C20H25N3O. The summed E-state index contributed by atoms with van der Waals surface area (Å²) in [5.74, 6) is 0.559. The molecule has 1 fully saturated rings. The van der Waals surface area contributed by atoms with E-state index in [4.69, 9.17) is 5.73 Å². The monoisotopic (exact) mass is 323 g/mol. The van der Waals surface area contributed by atoms with E-state index in [-0.39, 0.29) is 17.9 Å². The third-order valence-corrected chi connectivity index (χ3v) is 5.06. The molecule has 126 valence electrons. The summed E-state index contributed by atoms with van der Waals surface area (Å²) < 4.78 is 0. The van der Waals surface area contributed by atoms with Gasteiger partial charge in [0.1, 0.15) is 0 Å². The smallest absolute Gasteiger partial charge is 0.223 e. The second kappa shape index (κ2) is 7.58. The maximum absolute atomic E-state index is 12.5. The summed E-state index contributed by atoms with van der Waals surface area (Å²) in [6, 6.07) is 12.3. The molecule has 1 saturated carbocycles. The number of nitrogens with zero attached hydrogens (tertiary/aromatic N) is 1. The van der Waals surface area contributed by atoms with Crippen LogP contribution in [0.5, 0.6) is 0 Å². The molecule has 4 nitrogen and oxygen atoms in total. The topological polar surface area (TPSA) is 68.0 Å². The van der Waals surface area contributed by atoms with Crippen molar-refractivity contribution in [1.29, 1.82) is 0 Å². The summed E-state index contributed by atoms with van der Waals surface area (Å²) in [7, 11) is 0. The minimum atomic E-state index is -0.000488. The van der Waals surface area contributed by atoms with E-state index in [1.165, 1.54) is 0 Å². The molecule has 3 atom stereocenters. The summed E-state index contributed by atoms with van der Waals surface area (Å²) in [4.78, 5) is 16.7. The zero-order valence-electron chi connectivity index (χ0n) is 14.1. The van der Waals surface area contributed by atoms with Gasteiger partial charge in [-0.3, -0.25) is 9.78 Å². The number of rotatable bonds is 5. The highest BCUT2D eigenvalue weighted by Gasteiger charge is 2.32. The van der Waals surface area contributed by atoms with Crippen molar-refractivity contribution >= 4 is 5.91 Å². The molecule has 3 rings (SSSR count). The van der Waals surface area contributed by atoms with Crippen molar-refractivity contribution in [2.24, 2.45) is 17.6 Å². The molecule has 1 aromatic carbocycles. The van der Waals surface area contributed by atoms with Crippen LogP contribution in [0.15, 0.2) is 48.8 Å². The number of benzene rings is 1. The van der Waals surface area contributed by atoms with Crippen molar-refractivity contribution in [2.75, 3.05) is 6.54 Å². The highest BCUT2D eigenvalue weighted by Crippen LogP contribution is 2.31. The van der Waals surface area contributed by atoms with Gasteiger partial charge in [0.15, 0.2) is 0 Å². The van der Waals surface area contributed by atoms with Gasteiger partial charge in [-0.15, -0.1) is 0 Å². The Morgan fingerprint density at radius 1 is 1.25 bits per heavy atom. The van der Waals surface area contributed by atoms with Gasteiger partial charge >= 0.3 is 0 Å². The number of carbonyl (C=O) groups excluding carboxylic acids is 1. The third kappa shape index (κ3) is 3.65. The predicted octanol–water partition coefficient (Wildman–Crippen LogP) is 3.30. The van der Waals surface area contributed by atoms with Crippen LogP contribution in [0, 0.1) is 11.8 Å². The largest absolute Gasteiger partial charge is 0.349 e. The summed E-state index contributed by atoms with van der Waals surface area (Å²) in [5.41, 5.74) is 9.12. The third-order valence-electron chi connectivity index (χ3n) is 5.06. The van der Waals surface area contributed by atoms with Crippen LogP contribution in [0.4, 0.5) is 0 Å². The summed E-state index contributed by atoms with van der Waals surface area (Å²) in [6.45, 7) is 2.63. The van der Waals surface area contributed by atoms with Gasteiger partial charge in [-0.05, 0) is 55.0 Å². The molecule has 0 saturated heterocycles. The van der Waals surface area contributed by atoms with Crippen LogP contribution in [-0.2, 0) is 4.79 Å². The van der Waals surface area contributed by atoms with Gasteiger partial charge in [-0.25, -0.2) is 0 Å². The summed E-state index contributed by atoms with van der Waals surface area (Å²) >= 11 is 0. The minimum Gasteiger partial charge on any atom is -0.349 e. The Balaban J connectivity index is 1.65. The highest BCUT2D eigenvalue weighted by atomic mass is 16.2. The van der Waals surface area contributed by atoms with Crippen molar-refractivity contribution in [2.45, 2.75) is 32.2 Å². The number of pyridine rings is 1. The fourth-order valence-electron chi connectivity index (χ4n) is 3.57. The second-order valence-corrected chi connectivity index (χ2v) is 6.63. The molecule has 24 heavy (non-hydrogen) atoms. The van der Waals surface area contributed by atoms with Gasteiger partial charge in [0.05, 0.1) is 6.04 Å². The van der Waals surface area contributed by atoms with Crippen LogP contribution < -0.4 is 11.1 Å². The maximum atomic E-state index is 12.5. The van der Waals surface area contributed by atoms with E-state index < -0.39 is 0 Å². The average Bonchev–Trinajstić information content (AvgIpc) is 3.11. The Kier molecular flexibility index (Phi) is 5.26. The van der Waals surface area contributed by atoms with E-state index >= 15 is 0 Å². The fraction of sp³-hybridized carbons (Fsp3) is 0.400. The molecule has 0 radical (unpaired) electrons. The van der Waals surface area contributed by atoms with E-state index in [1.54, 1.807) is 6.20 Å². The maximum Gasteiger partial charge on any atom is 0.223 e. The minimum absolute atomic E-state index is 0.000488. The van der Waals surface area contributed by atoms with Crippen LogP contribution in [-0.4, -0.2) is 17.4 Å². The zero-order valence-corrected chi connectivity index (χ0v) is 14.1. The molecule has 0 spiro atoms. The lowest BCUT2D eigenvalue weighted by Gasteiger charge is -2.21. The normalized spacial score (nSPS) is 21.4. The summed E-state index contributed by atoms with van der Waals surface area (Å²) in [6.07, 6.45) is 6.76. The number of amides is 1. The van der Waals surface area contributed by atoms with Gasteiger partial charge in [0.2, 0.25) is 5.91 Å². The first-order chi connectivity index (χ1) is 11.7. The lowest BCUT2D eigenvalue weighted by atomic mass is 9.94. The predicted molar refractivity (Wildman–Crippen MR) is 96.1 cm³/mol. The summed E-state index contributed by atoms with van der Waals surface area (Å²) in [5, 5.41) is 3.15. The highest BCUT2D eigenvalue weighted by molar-refractivity contribution is 5.79. The number of carbonyl (C=O) groups is 1. The van der Waals surface area contributed by atoms with E-state index in [2.05, 4.69) is 34.6 Å². The van der Waals surface area contributed by atoms with Gasteiger partial charge in [-0.1, -0.05) is 36.8 Å². The average molecular weight is 323 g/mol. The van der Waals surface area contributed by atoms with E-state index in [1.807, 2.05) is 25.3 Å². The molecule has 1 aliphatic carbocycles. The van der Waals surface area contributed by atoms with E-state index in [0.29, 0.717) is 12.5 Å². The number of aromatic nitrogens is 1. The van der Waals surface area contributed by atoms with Gasteiger partial charge in [0.25, 0.3) is 0 Å². The first-order valence-corrected chi connectivity index (χ1v) is 8.70. The van der Waals surface area contributed by atoms with Crippen molar-refractivity contribution in [1.82, 2.24) is 10.3 Å². The molecule has 1 aliphatic rings. The standard InChI is InChI=1S/C20H25N3O/c1-14(23-20(24)19-6-2-4-17(19)12-21)15-7-9-16(10-8-15)18-5-3-11-22-13-18/h3,5,7-11,13-14,17,19H,2,4,6,12,21H2,1H3,(H,23,24)/t14?,17-,19-/m1/s1. The SMILES string of the molecule is CC(NC(=O)[C@@H]1CCC[C@@H]1CN)c1ccc(-c2cccnc2)cc1. The van der Waals surface area contributed by atoms with Crippen LogP contribution in [0.2, 0.25) is 0 Å². The molecule has 0 aliphatic heterocycles. The quantitative estimate of drug-likeness (QED) is 0.887. The molecule has 1 unspecified atom stereocenters. The Hall–Kier alpha value is -2.20. The fourth-order valence-corrected chi connectivity index (χ4v) is 3.57. The first kappa shape index (κ1) is 16.7. The van der Waals surface area contributed by atoms with E-state index in [0.717, 1.165) is 36.0 Å². The van der Waals surface area contributed by atoms with Crippen LogP contribution >= 0.6 is 0 Å². The molecule has 1 heterocycles. The number of nitrogens with two attached hydrogens (primary N) is 1. The first-order valence-electron chi connectivity index (χ1n) is 8.70. The van der Waals surface area contributed by atoms with Crippen LogP contribution in [0.1, 0.15) is 37.8 Å². The Morgan fingerprint density at radius 3 is 2.71 bits per heavy atom. The lowest BCUT2D eigenvalue weighted by Crippen LogP contribution is -2.36. The Morgan fingerprint density at radius 2 is 2.04 bits per heavy atom. The van der Waals surface area contributed by atoms with Crippen LogP contribution in [0.25, 0.3) is 11.1 Å². The second-order valence-electron chi connectivity index (χ2n) is 6.63. The van der Waals surface area contributed by atoms with Crippen molar-refractivity contribution in [3.63, 3.8) is 0 Å². The Bertz CT molecular complexity index is 669. The van der Waals surface area contributed by atoms with Crippen LogP contribution in [0.3, 0.4) is 0 Å². The molecule has 0 bridgehead atoms. The zero-order chi connectivity index (χ0) is 16.9. The molecule has 2 aromatic rings. The molecule has 1 amide bonds. The van der Waals surface area contributed by atoms with Gasteiger partial charge in [-0.2, -0.15) is 0 Å². The molecule has 3 N–H and O–H groups in total. The van der Waals surface area contributed by atoms with Crippen molar-refractivity contribution in [3.05, 3.63) is 54.4 Å². The number of nitrogens with one attached hydrogen (secondary N) is 1. The Labute approximate surface area is 143 Å². The van der Waals surface area contributed by atoms with Crippen molar-refractivity contribution in [3.8, 4) is 11.1 Å². The molecule has 1 aromatic heterocycles. The molecular weight excluding hydrogens is 298 g/mol. The molecule has 4 heteroatoms.